The van der Waals surface area contributed by atoms with Crippen LogP contribution in [0.2, 0.25) is 0 Å². The Labute approximate surface area is 137 Å². The van der Waals surface area contributed by atoms with Crippen LogP contribution in [0.1, 0.15) is 18.4 Å². The summed E-state index contributed by atoms with van der Waals surface area (Å²) in [6, 6.07) is 10.0. The van der Waals surface area contributed by atoms with Crippen LogP contribution in [0.25, 0.3) is 0 Å². The van der Waals surface area contributed by atoms with E-state index in [1.807, 2.05) is 30.3 Å². The molecule has 1 amide bonds. The zero-order valence-corrected chi connectivity index (χ0v) is 13.9. The fourth-order valence-corrected chi connectivity index (χ4v) is 2.26. The van der Waals surface area contributed by atoms with Gasteiger partial charge in [0.25, 0.3) is 0 Å². The summed E-state index contributed by atoms with van der Waals surface area (Å²) in [4.78, 5) is 17.8. The predicted octanol–water partition coefficient (Wildman–Crippen LogP) is 0.989. The molecule has 2 rings (SSSR count). The van der Waals surface area contributed by atoms with E-state index in [0.717, 1.165) is 25.0 Å². The van der Waals surface area contributed by atoms with E-state index in [4.69, 9.17) is 4.74 Å². The lowest BCUT2D eigenvalue weighted by atomic mass is 10.2. The average molecular weight is 318 g/mol. The lowest BCUT2D eigenvalue weighted by Crippen LogP contribution is -2.45. The zero-order chi connectivity index (χ0) is 16.5. The summed E-state index contributed by atoms with van der Waals surface area (Å²) >= 11 is 0. The molecule has 126 valence electrons. The smallest absolute Gasteiger partial charge is 0.241 e. The first-order valence-corrected chi connectivity index (χ1v) is 8.03. The molecule has 1 aromatic rings. The number of ether oxygens (including phenoxy) is 1. The van der Waals surface area contributed by atoms with Gasteiger partial charge in [-0.25, -0.2) is 4.99 Å². The summed E-state index contributed by atoms with van der Waals surface area (Å²) in [6.07, 6.45) is 2.40. The molecule has 1 aromatic carbocycles. The first kappa shape index (κ1) is 17.3. The molecule has 1 atom stereocenters. The van der Waals surface area contributed by atoms with E-state index in [2.05, 4.69) is 15.6 Å². The van der Waals surface area contributed by atoms with E-state index < -0.39 is 0 Å². The van der Waals surface area contributed by atoms with Crippen LogP contribution in [0.3, 0.4) is 0 Å². The number of aliphatic imine (C=N–C) groups is 1. The van der Waals surface area contributed by atoms with Crippen LogP contribution in [0, 0.1) is 0 Å². The summed E-state index contributed by atoms with van der Waals surface area (Å²) in [7, 11) is 3.48. The van der Waals surface area contributed by atoms with Gasteiger partial charge < -0.3 is 20.3 Å². The zero-order valence-electron chi connectivity index (χ0n) is 13.9. The Morgan fingerprint density at radius 3 is 2.74 bits per heavy atom. The summed E-state index contributed by atoms with van der Waals surface area (Å²) in [5, 5.41) is 6.36. The molecule has 6 nitrogen and oxygen atoms in total. The van der Waals surface area contributed by atoms with Gasteiger partial charge in [0.05, 0.1) is 19.2 Å². The molecule has 1 unspecified atom stereocenters. The monoisotopic (exact) mass is 318 g/mol. The van der Waals surface area contributed by atoms with Crippen molar-refractivity contribution in [3.63, 3.8) is 0 Å². The summed E-state index contributed by atoms with van der Waals surface area (Å²) in [5.41, 5.74) is 1.13. The third-order valence-corrected chi connectivity index (χ3v) is 3.69. The number of hydrogen-bond donors (Lipinski definition) is 2. The number of likely N-dealkylation sites (N-methyl/N-ethyl adjacent to an activating group) is 1. The van der Waals surface area contributed by atoms with E-state index in [1.54, 1.807) is 19.0 Å². The van der Waals surface area contributed by atoms with Gasteiger partial charge in [0.2, 0.25) is 5.91 Å². The van der Waals surface area contributed by atoms with Gasteiger partial charge >= 0.3 is 0 Å². The van der Waals surface area contributed by atoms with Crippen LogP contribution in [0.4, 0.5) is 0 Å². The van der Waals surface area contributed by atoms with Crippen LogP contribution in [-0.2, 0) is 16.1 Å². The summed E-state index contributed by atoms with van der Waals surface area (Å²) in [6.45, 7) is 2.32. The molecule has 1 aliphatic heterocycles. The normalized spacial score (nSPS) is 17.8. The lowest BCUT2D eigenvalue weighted by molar-refractivity contribution is -0.127. The largest absolute Gasteiger partial charge is 0.376 e. The van der Waals surface area contributed by atoms with Gasteiger partial charge in [0.15, 0.2) is 5.96 Å². The Kier molecular flexibility index (Phi) is 6.87. The third-order valence-electron chi connectivity index (χ3n) is 3.69. The van der Waals surface area contributed by atoms with Gasteiger partial charge in [-0.2, -0.15) is 0 Å². The van der Waals surface area contributed by atoms with Crippen LogP contribution in [-0.4, -0.2) is 56.7 Å². The number of guanidine groups is 1. The van der Waals surface area contributed by atoms with E-state index in [-0.39, 0.29) is 18.6 Å². The van der Waals surface area contributed by atoms with Crippen molar-refractivity contribution in [3.8, 4) is 0 Å². The molecule has 0 aliphatic carbocycles. The van der Waals surface area contributed by atoms with Gasteiger partial charge in [0, 0.05) is 27.2 Å². The summed E-state index contributed by atoms with van der Waals surface area (Å²) in [5.74, 6) is 0.649. The number of amides is 1. The van der Waals surface area contributed by atoms with Crippen molar-refractivity contribution in [2.45, 2.75) is 25.5 Å². The van der Waals surface area contributed by atoms with Gasteiger partial charge in [-0.15, -0.1) is 0 Å². The Bertz CT molecular complexity index is 511. The second-order valence-electron chi connectivity index (χ2n) is 5.81. The molecule has 0 radical (unpaired) electrons. The highest BCUT2D eigenvalue weighted by molar-refractivity contribution is 5.86. The van der Waals surface area contributed by atoms with Crippen molar-refractivity contribution in [2.24, 2.45) is 4.99 Å². The molecule has 1 heterocycles. The fraction of sp³-hybridized carbons (Fsp3) is 0.529. The van der Waals surface area contributed by atoms with Crippen molar-refractivity contribution in [2.75, 3.05) is 33.8 Å². The molecule has 23 heavy (non-hydrogen) atoms. The minimum atomic E-state index is 0.0105. The number of carbonyl (C=O) groups is 1. The highest BCUT2D eigenvalue weighted by atomic mass is 16.5. The second-order valence-corrected chi connectivity index (χ2v) is 5.81. The quantitative estimate of drug-likeness (QED) is 0.606. The maximum atomic E-state index is 11.7. The number of nitrogens with zero attached hydrogens (tertiary/aromatic N) is 2. The van der Waals surface area contributed by atoms with Crippen LogP contribution >= 0.6 is 0 Å². The predicted molar refractivity (Wildman–Crippen MR) is 91.3 cm³/mol. The van der Waals surface area contributed by atoms with Crippen molar-refractivity contribution >= 4 is 11.9 Å². The average Bonchev–Trinajstić information content (AvgIpc) is 3.08. The van der Waals surface area contributed by atoms with Crippen LogP contribution in [0.15, 0.2) is 35.3 Å². The highest BCUT2D eigenvalue weighted by Crippen LogP contribution is 2.10. The maximum absolute atomic E-state index is 11.7. The number of nitrogens with one attached hydrogen (secondary N) is 2. The molecule has 1 aliphatic rings. The Morgan fingerprint density at radius 2 is 2.09 bits per heavy atom. The SMILES string of the molecule is CN(C)C(=O)CNC(=NCc1ccccc1)NCC1CCCO1. The van der Waals surface area contributed by atoms with Crippen LogP contribution < -0.4 is 10.6 Å². The minimum Gasteiger partial charge on any atom is -0.376 e. The topological polar surface area (TPSA) is 66.0 Å². The third kappa shape index (κ3) is 6.28. The number of hydrogen-bond acceptors (Lipinski definition) is 3. The highest BCUT2D eigenvalue weighted by Gasteiger charge is 2.16. The first-order chi connectivity index (χ1) is 11.1. The van der Waals surface area contributed by atoms with E-state index in [0.29, 0.717) is 19.0 Å². The lowest BCUT2D eigenvalue weighted by Gasteiger charge is -2.17. The van der Waals surface area contributed by atoms with Gasteiger partial charge in [-0.1, -0.05) is 30.3 Å². The molecule has 0 spiro atoms. The van der Waals surface area contributed by atoms with Gasteiger partial charge in [-0.05, 0) is 18.4 Å². The molecule has 0 aromatic heterocycles. The molecule has 6 heteroatoms. The number of carbonyl (C=O) groups excluding carboxylic acids is 1. The molecule has 1 fully saturated rings. The standard InChI is InChI=1S/C17H26N4O2/c1-21(2)16(22)13-20-17(19-12-15-9-6-10-23-15)18-11-14-7-4-3-5-8-14/h3-5,7-8,15H,6,9-13H2,1-2H3,(H2,18,19,20). The second kappa shape index (κ2) is 9.15. The van der Waals surface area contributed by atoms with E-state index >= 15 is 0 Å². The van der Waals surface area contributed by atoms with Gasteiger partial charge in [0.1, 0.15) is 0 Å². The number of benzene rings is 1. The van der Waals surface area contributed by atoms with Gasteiger partial charge in [-0.3, -0.25) is 4.79 Å². The Balaban J connectivity index is 1.90. The maximum Gasteiger partial charge on any atom is 0.241 e. The molecular weight excluding hydrogens is 292 g/mol. The minimum absolute atomic E-state index is 0.0105. The van der Waals surface area contributed by atoms with Crippen molar-refractivity contribution in [3.05, 3.63) is 35.9 Å². The van der Waals surface area contributed by atoms with E-state index in [1.165, 1.54) is 0 Å². The molecular formula is C17H26N4O2. The molecule has 0 saturated carbocycles. The fourth-order valence-electron chi connectivity index (χ4n) is 2.26. The van der Waals surface area contributed by atoms with Crippen molar-refractivity contribution in [1.82, 2.24) is 15.5 Å². The van der Waals surface area contributed by atoms with Crippen LogP contribution in [0.5, 0.6) is 0 Å². The molecule has 0 bridgehead atoms. The van der Waals surface area contributed by atoms with Crippen molar-refractivity contribution in [1.29, 1.82) is 0 Å². The number of rotatable bonds is 6. The Hall–Kier alpha value is -2.08. The molecule has 2 N–H and O–H groups in total. The summed E-state index contributed by atoms with van der Waals surface area (Å²) < 4.78 is 5.61. The van der Waals surface area contributed by atoms with E-state index in [9.17, 15) is 4.79 Å². The first-order valence-electron chi connectivity index (χ1n) is 8.03. The molecule has 1 saturated heterocycles. The van der Waals surface area contributed by atoms with Crippen molar-refractivity contribution < 1.29 is 9.53 Å². The Morgan fingerprint density at radius 1 is 1.30 bits per heavy atom.